The summed E-state index contributed by atoms with van der Waals surface area (Å²) < 4.78 is 13.1. The van der Waals surface area contributed by atoms with Gasteiger partial charge in [-0.15, -0.1) is 0 Å². The lowest BCUT2D eigenvalue weighted by Gasteiger charge is -2.07. The number of halogens is 2. The van der Waals surface area contributed by atoms with Crippen molar-refractivity contribution in [1.29, 1.82) is 5.41 Å². The Morgan fingerprint density at radius 2 is 2.17 bits per heavy atom. The van der Waals surface area contributed by atoms with Gasteiger partial charge in [0.25, 0.3) is 0 Å². The van der Waals surface area contributed by atoms with Crippen LogP contribution < -0.4 is 5.73 Å². The van der Waals surface area contributed by atoms with E-state index in [-0.39, 0.29) is 11.7 Å². The number of nitrogens with zero attached hydrogens (tertiary/aromatic N) is 1. The highest BCUT2D eigenvalue weighted by Gasteiger charge is 2.11. The lowest BCUT2D eigenvalue weighted by Crippen LogP contribution is -2.12. The summed E-state index contributed by atoms with van der Waals surface area (Å²) in [5.41, 5.74) is 5.82. The normalized spacial score (nSPS) is 10.3. The Bertz CT molecular complexity index is 604. The van der Waals surface area contributed by atoms with Gasteiger partial charge in [-0.3, -0.25) is 5.41 Å². The van der Waals surface area contributed by atoms with Crippen LogP contribution in [0.3, 0.4) is 0 Å². The molecule has 2 rings (SSSR count). The second-order valence-corrected chi connectivity index (χ2v) is 4.89. The zero-order valence-corrected chi connectivity index (χ0v) is 10.7. The molecule has 3 nitrogen and oxygen atoms in total. The van der Waals surface area contributed by atoms with Gasteiger partial charge in [0, 0.05) is 16.7 Å². The van der Waals surface area contributed by atoms with Crippen LogP contribution in [0, 0.1) is 11.2 Å². The summed E-state index contributed by atoms with van der Waals surface area (Å²) in [5.74, 6) is -0.442. The zero-order valence-electron chi connectivity index (χ0n) is 9.15. The number of pyridine rings is 1. The zero-order chi connectivity index (χ0) is 13.1. The molecule has 1 heterocycles. The van der Waals surface area contributed by atoms with Crippen LogP contribution in [0.15, 0.2) is 46.5 Å². The first kappa shape index (κ1) is 12.9. The molecule has 92 valence electrons. The van der Waals surface area contributed by atoms with E-state index in [1.807, 2.05) is 0 Å². The fourth-order valence-electron chi connectivity index (χ4n) is 1.35. The van der Waals surface area contributed by atoms with E-state index in [9.17, 15) is 4.39 Å². The summed E-state index contributed by atoms with van der Waals surface area (Å²) in [7, 11) is 0. The minimum Gasteiger partial charge on any atom is -0.384 e. The molecule has 2 aromatic rings. The number of hydrogen-bond acceptors (Lipinski definition) is 3. The molecule has 6 heteroatoms. The molecule has 3 N–H and O–H groups in total. The topological polar surface area (TPSA) is 62.8 Å². The van der Waals surface area contributed by atoms with Crippen molar-refractivity contribution < 1.29 is 4.39 Å². The first-order chi connectivity index (χ1) is 8.58. The van der Waals surface area contributed by atoms with Crippen LogP contribution in [0.1, 0.15) is 5.56 Å². The molecule has 0 unspecified atom stereocenters. The summed E-state index contributed by atoms with van der Waals surface area (Å²) in [5, 5.41) is 8.18. The molecule has 0 atom stereocenters. The van der Waals surface area contributed by atoms with E-state index in [1.165, 1.54) is 30.1 Å². The predicted octanol–water partition coefficient (Wildman–Crippen LogP) is 3.31. The average molecular weight is 282 g/mol. The van der Waals surface area contributed by atoms with Gasteiger partial charge in [-0.2, -0.15) is 0 Å². The SMILES string of the molecule is N=C(N)c1ccnc(Sc2cccc(F)c2)c1Cl. The number of rotatable bonds is 3. The number of nitrogens with two attached hydrogens (primary N) is 1. The van der Waals surface area contributed by atoms with Crippen molar-refractivity contribution in [3.05, 3.63) is 52.9 Å². The number of benzene rings is 1. The molecule has 0 saturated heterocycles. The van der Waals surface area contributed by atoms with Crippen LogP contribution in [0.25, 0.3) is 0 Å². The molecule has 0 fully saturated rings. The van der Waals surface area contributed by atoms with Gasteiger partial charge in [-0.05, 0) is 24.3 Å². The van der Waals surface area contributed by atoms with Crippen LogP contribution in [0.4, 0.5) is 4.39 Å². The van der Waals surface area contributed by atoms with Gasteiger partial charge in [0.2, 0.25) is 0 Å². The Kier molecular flexibility index (Phi) is 3.84. The van der Waals surface area contributed by atoms with Gasteiger partial charge in [-0.1, -0.05) is 29.4 Å². The molecule has 0 radical (unpaired) electrons. The molecule has 0 spiro atoms. The lowest BCUT2D eigenvalue weighted by atomic mass is 10.2. The van der Waals surface area contributed by atoms with Crippen molar-refractivity contribution in [2.45, 2.75) is 9.92 Å². The van der Waals surface area contributed by atoms with Gasteiger partial charge in [-0.25, -0.2) is 9.37 Å². The highest BCUT2D eigenvalue weighted by molar-refractivity contribution is 7.99. The van der Waals surface area contributed by atoms with E-state index in [2.05, 4.69) is 4.98 Å². The molecule has 0 amide bonds. The lowest BCUT2D eigenvalue weighted by molar-refractivity contribution is 0.624. The average Bonchev–Trinajstić information content (AvgIpc) is 2.31. The van der Waals surface area contributed by atoms with E-state index >= 15 is 0 Å². The van der Waals surface area contributed by atoms with Crippen LogP contribution in [-0.4, -0.2) is 10.8 Å². The smallest absolute Gasteiger partial charge is 0.124 e. The summed E-state index contributed by atoms with van der Waals surface area (Å²) in [6.45, 7) is 0. The summed E-state index contributed by atoms with van der Waals surface area (Å²) in [6.07, 6.45) is 1.52. The fourth-order valence-corrected chi connectivity index (χ4v) is 2.53. The summed E-state index contributed by atoms with van der Waals surface area (Å²) in [4.78, 5) is 4.79. The van der Waals surface area contributed by atoms with Gasteiger partial charge in [0.05, 0.1) is 5.02 Å². The summed E-state index contributed by atoms with van der Waals surface area (Å²) in [6, 6.07) is 7.70. The second kappa shape index (κ2) is 5.37. The number of hydrogen-bond donors (Lipinski definition) is 2. The Hall–Kier alpha value is -1.59. The van der Waals surface area contributed by atoms with Crippen LogP contribution in [-0.2, 0) is 0 Å². The van der Waals surface area contributed by atoms with Gasteiger partial charge < -0.3 is 5.73 Å². The van der Waals surface area contributed by atoms with Gasteiger partial charge in [0.15, 0.2) is 0 Å². The molecule has 0 saturated carbocycles. The van der Waals surface area contributed by atoms with Crippen LogP contribution >= 0.6 is 23.4 Å². The fraction of sp³-hybridized carbons (Fsp3) is 0. The molecular weight excluding hydrogens is 273 g/mol. The van der Waals surface area contributed by atoms with E-state index in [4.69, 9.17) is 22.7 Å². The third-order valence-corrected chi connectivity index (χ3v) is 3.65. The molecule has 1 aromatic heterocycles. The van der Waals surface area contributed by atoms with E-state index in [1.54, 1.807) is 18.2 Å². The second-order valence-electron chi connectivity index (χ2n) is 3.45. The molecule has 1 aromatic carbocycles. The molecule has 18 heavy (non-hydrogen) atoms. The van der Waals surface area contributed by atoms with Crippen molar-refractivity contribution >= 4 is 29.2 Å². The highest BCUT2D eigenvalue weighted by Crippen LogP contribution is 2.33. The Labute approximate surface area is 113 Å². The Balaban J connectivity index is 2.35. The van der Waals surface area contributed by atoms with E-state index in [0.717, 1.165) is 0 Å². The number of amidine groups is 1. The molecule has 0 bridgehead atoms. The molecular formula is C12H9ClFN3S. The number of nitrogens with one attached hydrogen (secondary N) is 1. The van der Waals surface area contributed by atoms with Gasteiger partial charge in [0.1, 0.15) is 16.7 Å². The summed E-state index contributed by atoms with van der Waals surface area (Å²) >= 11 is 7.32. The first-order valence-electron chi connectivity index (χ1n) is 5.00. The quantitative estimate of drug-likeness (QED) is 0.670. The number of nitrogen functional groups attached to an aromatic ring is 1. The minimum absolute atomic E-state index is 0.122. The molecule has 0 aliphatic heterocycles. The van der Waals surface area contributed by atoms with Crippen molar-refractivity contribution in [2.75, 3.05) is 0 Å². The van der Waals surface area contributed by atoms with E-state index < -0.39 is 0 Å². The van der Waals surface area contributed by atoms with Crippen molar-refractivity contribution in [1.82, 2.24) is 4.98 Å². The Morgan fingerprint density at radius 3 is 2.83 bits per heavy atom. The third-order valence-electron chi connectivity index (χ3n) is 2.16. The monoisotopic (exact) mass is 281 g/mol. The molecule has 0 aliphatic carbocycles. The van der Waals surface area contributed by atoms with Crippen LogP contribution in [0.5, 0.6) is 0 Å². The number of aromatic nitrogens is 1. The predicted molar refractivity (Wildman–Crippen MR) is 70.8 cm³/mol. The maximum Gasteiger partial charge on any atom is 0.124 e. The largest absolute Gasteiger partial charge is 0.384 e. The van der Waals surface area contributed by atoms with E-state index in [0.29, 0.717) is 20.5 Å². The minimum atomic E-state index is -0.321. The maximum absolute atomic E-state index is 13.1. The third kappa shape index (κ3) is 2.80. The maximum atomic E-state index is 13.1. The standard InChI is InChI=1S/C12H9ClFN3S/c13-10-9(11(15)16)4-5-17-12(10)18-8-3-1-2-7(14)6-8/h1-6H,(H3,15,16). The van der Waals surface area contributed by atoms with Gasteiger partial charge >= 0.3 is 0 Å². The Morgan fingerprint density at radius 1 is 1.39 bits per heavy atom. The first-order valence-corrected chi connectivity index (χ1v) is 6.19. The van der Waals surface area contributed by atoms with Crippen molar-refractivity contribution in [3.8, 4) is 0 Å². The molecule has 0 aliphatic rings. The van der Waals surface area contributed by atoms with Crippen LogP contribution in [0.2, 0.25) is 5.02 Å². The van der Waals surface area contributed by atoms with Crippen molar-refractivity contribution in [2.24, 2.45) is 5.73 Å². The van der Waals surface area contributed by atoms with Crippen molar-refractivity contribution in [3.63, 3.8) is 0 Å². The highest BCUT2D eigenvalue weighted by atomic mass is 35.5.